The highest BCUT2D eigenvalue weighted by molar-refractivity contribution is 5.94. The van der Waals surface area contributed by atoms with Crippen molar-refractivity contribution in [3.05, 3.63) is 48.0 Å². The molecule has 5 heteroatoms. The third-order valence-corrected chi connectivity index (χ3v) is 2.81. The van der Waals surface area contributed by atoms with Gasteiger partial charge in [-0.2, -0.15) is 5.10 Å². The first-order valence-electron chi connectivity index (χ1n) is 6.57. The van der Waals surface area contributed by atoms with Gasteiger partial charge in [0, 0.05) is 12.1 Å². The number of aliphatic hydroxyl groups excluding tert-OH is 1. The Balaban J connectivity index is 0.000000240. The molecule has 0 aliphatic heterocycles. The summed E-state index contributed by atoms with van der Waals surface area (Å²) < 4.78 is 0. The molecule has 0 heterocycles. The zero-order valence-electron chi connectivity index (χ0n) is 12.2. The summed E-state index contributed by atoms with van der Waals surface area (Å²) in [5.41, 5.74) is 1.11. The van der Waals surface area contributed by atoms with Crippen LogP contribution in [0.5, 0.6) is 0 Å². The number of hydrogen-bond acceptors (Lipinski definition) is 4. The Kier molecular flexibility index (Phi) is 6.36. The van der Waals surface area contributed by atoms with E-state index in [2.05, 4.69) is 5.10 Å². The minimum absolute atomic E-state index is 0.331. The second kappa shape index (κ2) is 8.01. The van der Waals surface area contributed by atoms with Crippen molar-refractivity contribution in [2.45, 2.75) is 26.4 Å². The van der Waals surface area contributed by atoms with Crippen LogP contribution in [0.25, 0.3) is 10.8 Å². The van der Waals surface area contributed by atoms with E-state index in [0.717, 1.165) is 16.5 Å². The molecule has 21 heavy (non-hydrogen) atoms. The summed E-state index contributed by atoms with van der Waals surface area (Å²) in [4.78, 5) is 10.6. The lowest BCUT2D eigenvalue weighted by molar-refractivity contribution is 0.0697. The average molecular weight is 288 g/mol. The average Bonchev–Trinajstić information content (AvgIpc) is 2.46. The molecule has 0 saturated carbocycles. The van der Waals surface area contributed by atoms with Gasteiger partial charge in [0.25, 0.3) is 0 Å². The van der Waals surface area contributed by atoms with Crippen molar-refractivity contribution >= 4 is 22.5 Å². The molecule has 112 valence electrons. The summed E-state index contributed by atoms with van der Waals surface area (Å²) in [6.07, 6.45) is 0.235. The molecule has 0 bridgehead atoms. The number of carbonyl (C=O) groups is 1. The standard InChI is InChI=1S/C11H8O2.C5H12N2O/c12-11(13)10-6-5-8-3-1-2-4-9(8)7-10;1-4(7-6)3-5(2)8/h1-7H,(H,12,13);5,8H,3,6H2,1-2H3. The number of aliphatic hydroxyl groups is 1. The molecule has 1 unspecified atom stereocenters. The van der Waals surface area contributed by atoms with Gasteiger partial charge in [-0.05, 0) is 36.8 Å². The van der Waals surface area contributed by atoms with Crippen molar-refractivity contribution in [1.29, 1.82) is 0 Å². The Hall–Kier alpha value is -2.40. The first kappa shape index (κ1) is 16.7. The lowest BCUT2D eigenvalue weighted by Gasteiger charge is -1.99. The van der Waals surface area contributed by atoms with Crippen LogP contribution in [0.2, 0.25) is 0 Å². The van der Waals surface area contributed by atoms with Gasteiger partial charge in [0.1, 0.15) is 0 Å². The highest BCUT2D eigenvalue weighted by Gasteiger charge is 2.01. The molecule has 1 atom stereocenters. The van der Waals surface area contributed by atoms with Crippen LogP contribution >= 0.6 is 0 Å². The van der Waals surface area contributed by atoms with Crippen LogP contribution in [0, 0.1) is 0 Å². The third-order valence-electron chi connectivity index (χ3n) is 2.81. The second-order valence-electron chi connectivity index (χ2n) is 4.78. The number of carboxylic acid groups (broad SMARTS) is 1. The van der Waals surface area contributed by atoms with Crippen molar-refractivity contribution in [3.8, 4) is 0 Å². The molecule has 2 aromatic carbocycles. The summed E-state index contributed by atoms with van der Waals surface area (Å²) in [6.45, 7) is 3.49. The SMILES string of the molecule is CC(CC(C)O)=NN.O=C(O)c1ccc2ccccc2c1. The number of hydrogen-bond donors (Lipinski definition) is 3. The van der Waals surface area contributed by atoms with Crippen molar-refractivity contribution in [3.63, 3.8) is 0 Å². The molecule has 0 saturated heterocycles. The van der Waals surface area contributed by atoms with Crippen LogP contribution < -0.4 is 5.84 Å². The maximum Gasteiger partial charge on any atom is 0.335 e. The molecule has 5 nitrogen and oxygen atoms in total. The molecule has 2 aromatic rings. The van der Waals surface area contributed by atoms with Crippen LogP contribution in [-0.4, -0.2) is 28.0 Å². The topological polar surface area (TPSA) is 95.9 Å². The van der Waals surface area contributed by atoms with Crippen molar-refractivity contribution in [2.24, 2.45) is 10.9 Å². The molecule has 0 aliphatic rings. The van der Waals surface area contributed by atoms with E-state index in [0.29, 0.717) is 12.0 Å². The molecular weight excluding hydrogens is 268 g/mol. The van der Waals surface area contributed by atoms with Gasteiger partial charge in [-0.3, -0.25) is 0 Å². The van der Waals surface area contributed by atoms with E-state index in [-0.39, 0.29) is 6.10 Å². The number of benzene rings is 2. The predicted octanol–water partition coefficient (Wildman–Crippen LogP) is 2.63. The first-order chi connectivity index (χ1) is 9.93. The quantitative estimate of drug-likeness (QED) is 0.459. The highest BCUT2D eigenvalue weighted by atomic mass is 16.4. The van der Waals surface area contributed by atoms with Gasteiger partial charge in [0.2, 0.25) is 0 Å². The second-order valence-corrected chi connectivity index (χ2v) is 4.78. The van der Waals surface area contributed by atoms with Gasteiger partial charge >= 0.3 is 5.97 Å². The molecule has 0 amide bonds. The molecule has 0 spiro atoms. The van der Waals surface area contributed by atoms with Crippen molar-refractivity contribution < 1.29 is 15.0 Å². The predicted molar refractivity (Wildman–Crippen MR) is 84.5 cm³/mol. The number of aromatic carboxylic acids is 1. The van der Waals surface area contributed by atoms with Gasteiger partial charge in [-0.25, -0.2) is 4.79 Å². The fourth-order valence-corrected chi connectivity index (χ4v) is 1.80. The molecule has 0 aliphatic carbocycles. The fourth-order valence-electron chi connectivity index (χ4n) is 1.80. The van der Waals surface area contributed by atoms with E-state index in [1.165, 1.54) is 0 Å². The molecule has 0 radical (unpaired) electrons. The largest absolute Gasteiger partial charge is 0.478 e. The number of nitrogens with zero attached hydrogens (tertiary/aromatic N) is 1. The summed E-state index contributed by atoms with van der Waals surface area (Å²) in [7, 11) is 0. The van der Waals surface area contributed by atoms with Gasteiger partial charge in [-0.1, -0.05) is 30.3 Å². The lowest BCUT2D eigenvalue weighted by atomic mass is 10.1. The summed E-state index contributed by atoms with van der Waals surface area (Å²) in [5.74, 6) is 4.01. The molecule has 0 aromatic heterocycles. The van der Waals surface area contributed by atoms with Crippen molar-refractivity contribution in [1.82, 2.24) is 0 Å². The van der Waals surface area contributed by atoms with Crippen LogP contribution in [0.1, 0.15) is 30.6 Å². The van der Waals surface area contributed by atoms with Crippen LogP contribution in [0.3, 0.4) is 0 Å². The van der Waals surface area contributed by atoms with Gasteiger partial charge in [0.05, 0.1) is 11.7 Å². The number of carboxylic acids is 1. The third kappa shape index (κ3) is 5.62. The Morgan fingerprint density at radius 1 is 1.24 bits per heavy atom. The number of nitrogens with two attached hydrogens (primary N) is 1. The normalized spacial score (nSPS) is 12.4. The number of hydrazone groups is 1. The van der Waals surface area contributed by atoms with E-state index in [1.807, 2.05) is 30.3 Å². The summed E-state index contributed by atoms with van der Waals surface area (Å²) >= 11 is 0. The van der Waals surface area contributed by atoms with E-state index in [4.69, 9.17) is 16.1 Å². The van der Waals surface area contributed by atoms with E-state index in [9.17, 15) is 4.79 Å². The number of rotatable bonds is 3. The Labute approximate surface area is 123 Å². The number of fused-ring (bicyclic) bond motifs is 1. The van der Waals surface area contributed by atoms with E-state index >= 15 is 0 Å². The van der Waals surface area contributed by atoms with Gasteiger partial charge in [-0.15, -0.1) is 0 Å². The Morgan fingerprint density at radius 3 is 2.33 bits per heavy atom. The summed E-state index contributed by atoms with van der Waals surface area (Å²) in [6, 6.07) is 12.8. The zero-order chi connectivity index (χ0) is 15.8. The molecule has 2 rings (SSSR count). The van der Waals surface area contributed by atoms with Crippen LogP contribution in [0.4, 0.5) is 0 Å². The van der Waals surface area contributed by atoms with E-state index < -0.39 is 5.97 Å². The van der Waals surface area contributed by atoms with Gasteiger partial charge < -0.3 is 16.1 Å². The summed E-state index contributed by atoms with van der Waals surface area (Å²) in [5, 5.41) is 22.9. The Morgan fingerprint density at radius 2 is 1.86 bits per heavy atom. The zero-order valence-corrected chi connectivity index (χ0v) is 12.2. The van der Waals surface area contributed by atoms with Crippen LogP contribution in [0.15, 0.2) is 47.6 Å². The Bertz CT molecular complexity index is 636. The van der Waals surface area contributed by atoms with Crippen LogP contribution in [-0.2, 0) is 0 Å². The highest BCUT2D eigenvalue weighted by Crippen LogP contribution is 2.15. The van der Waals surface area contributed by atoms with Gasteiger partial charge in [0.15, 0.2) is 0 Å². The molecule has 0 fully saturated rings. The minimum atomic E-state index is -0.884. The smallest absolute Gasteiger partial charge is 0.335 e. The van der Waals surface area contributed by atoms with Crippen molar-refractivity contribution in [2.75, 3.05) is 0 Å². The maximum absolute atomic E-state index is 10.6. The minimum Gasteiger partial charge on any atom is -0.478 e. The monoisotopic (exact) mass is 288 g/mol. The molecule has 4 N–H and O–H groups in total. The molecular formula is C16H20N2O3. The first-order valence-corrected chi connectivity index (χ1v) is 6.57. The fraction of sp³-hybridized carbons (Fsp3) is 0.250. The maximum atomic E-state index is 10.6. The van der Waals surface area contributed by atoms with E-state index in [1.54, 1.807) is 26.0 Å². The lowest BCUT2D eigenvalue weighted by Crippen LogP contribution is -2.07.